The normalized spacial score (nSPS) is 11.3. The zero-order valence-corrected chi connectivity index (χ0v) is 19.0. The molecule has 0 spiro atoms. The summed E-state index contributed by atoms with van der Waals surface area (Å²) in [5.41, 5.74) is 2.85. The molecule has 0 fully saturated rings. The minimum Gasteiger partial charge on any atom is -0.320 e. The van der Waals surface area contributed by atoms with Gasteiger partial charge in [0.2, 0.25) is 0 Å². The van der Waals surface area contributed by atoms with E-state index in [9.17, 15) is 14.0 Å². The van der Waals surface area contributed by atoms with Gasteiger partial charge in [-0.25, -0.2) is 18.7 Å². The van der Waals surface area contributed by atoms with Crippen molar-refractivity contribution in [2.24, 2.45) is 0 Å². The van der Waals surface area contributed by atoms with Crippen LogP contribution >= 0.6 is 11.6 Å². The maximum Gasteiger partial charge on any atom is 0.337 e. The average Bonchev–Trinajstić information content (AvgIpc) is 3.22. The van der Waals surface area contributed by atoms with Crippen molar-refractivity contribution < 1.29 is 4.39 Å². The van der Waals surface area contributed by atoms with Crippen LogP contribution in [0.3, 0.4) is 0 Å². The van der Waals surface area contributed by atoms with E-state index in [1.165, 1.54) is 16.7 Å². The zero-order chi connectivity index (χ0) is 23.8. The Morgan fingerprint density at radius 2 is 1.65 bits per heavy atom. The van der Waals surface area contributed by atoms with Crippen LogP contribution in [-0.4, -0.2) is 18.7 Å². The lowest BCUT2D eigenvalue weighted by Crippen LogP contribution is -2.40. The Balaban J connectivity index is 1.74. The Kier molecular flexibility index (Phi) is 5.63. The molecule has 6 nitrogen and oxygen atoms in total. The van der Waals surface area contributed by atoms with Crippen molar-refractivity contribution >= 4 is 22.8 Å². The molecule has 0 unspecified atom stereocenters. The highest BCUT2D eigenvalue weighted by molar-refractivity contribution is 6.30. The first-order chi connectivity index (χ1) is 16.4. The van der Waals surface area contributed by atoms with Gasteiger partial charge in [-0.3, -0.25) is 9.36 Å². The van der Waals surface area contributed by atoms with Gasteiger partial charge >= 0.3 is 5.69 Å². The predicted molar refractivity (Wildman–Crippen MR) is 130 cm³/mol. The quantitative estimate of drug-likeness (QED) is 0.375. The van der Waals surface area contributed by atoms with Gasteiger partial charge in [-0.2, -0.15) is 0 Å². The minimum absolute atomic E-state index is 0.00288. The second-order valence-electron chi connectivity index (χ2n) is 8.15. The summed E-state index contributed by atoms with van der Waals surface area (Å²) in [5.74, 6) is -0.388. The van der Waals surface area contributed by atoms with E-state index in [0.717, 1.165) is 15.7 Å². The third-order valence-corrected chi connectivity index (χ3v) is 5.93. The molecule has 2 heterocycles. The summed E-state index contributed by atoms with van der Waals surface area (Å²) in [6.07, 6.45) is 1.57. The van der Waals surface area contributed by atoms with E-state index in [-0.39, 0.29) is 18.0 Å². The molecule has 2 aromatic heterocycles. The molecule has 0 aliphatic rings. The summed E-state index contributed by atoms with van der Waals surface area (Å²) in [6, 6.07) is 20.5. The smallest absolute Gasteiger partial charge is 0.320 e. The molecular weight excluding hydrogens is 455 g/mol. The summed E-state index contributed by atoms with van der Waals surface area (Å²) in [5, 5.41) is 0.526. The van der Waals surface area contributed by atoms with Crippen molar-refractivity contribution in [2.75, 3.05) is 0 Å². The van der Waals surface area contributed by atoms with E-state index in [1.54, 1.807) is 47.3 Å². The molecule has 0 N–H and O–H groups in total. The van der Waals surface area contributed by atoms with Gasteiger partial charge in [0.15, 0.2) is 11.2 Å². The Labute approximate surface area is 199 Å². The average molecular weight is 475 g/mol. The molecule has 34 heavy (non-hydrogen) atoms. The Morgan fingerprint density at radius 3 is 2.35 bits per heavy atom. The van der Waals surface area contributed by atoms with Crippen LogP contribution in [0.1, 0.15) is 16.7 Å². The fourth-order valence-electron chi connectivity index (χ4n) is 4.04. The number of aromatic nitrogens is 4. The van der Waals surface area contributed by atoms with Gasteiger partial charge in [0.25, 0.3) is 5.56 Å². The number of benzene rings is 3. The van der Waals surface area contributed by atoms with Gasteiger partial charge in [-0.1, -0.05) is 53.6 Å². The first kappa shape index (κ1) is 21.9. The molecule has 0 saturated carbocycles. The summed E-state index contributed by atoms with van der Waals surface area (Å²) in [6.45, 7) is 2.42. The third kappa shape index (κ3) is 4.06. The fourth-order valence-corrected chi connectivity index (χ4v) is 4.17. The van der Waals surface area contributed by atoms with Gasteiger partial charge in [0.1, 0.15) is 5.82 Å². The lowest BCUT2D eigenvalue weighted by Gasteiger charge is -2.13. The number of aryl methyl sites for hydroxylation is 1. The Morgan fingerprint density at radius 1 is 0.912 bits per heavy atom. The van der Waals surface area contributed by atoms with E-state index < -0.39 is 11.2 Å². The highest BCUT2D eigenvalue weighted by atomic mass is 35.5. The van der Waals surface area contributed by atoms with Crippen LogP contribution in [0.15, 0.2) is 88.7 Å². The molecule has 0 atom stereocenters. The molecular formula is C26H20ClFN4O2. The van der Waals surface area contributed by atoms with Crippen LogP contribution in [0, 0.1) is 12.7 Å². The van der Waals surface area contributed by atoms with Crippen LogP contribution in [-0.2, 0) is 13.1 Å². The monoisotopic (exact) mass is 474 g/mol. The Bertz CT molecular complexity index is 1620. The predicted octanol–water partition coefficient (Wildman–Crippen LogP) is 4.55. The molecule has 5 rings (SSSR count). The molecule has 8 heteroatoms. The number of rotatable bonds is 5. The van der Waals surface area contributed by atoms with Gasteiger partial charge in [0.05, 0.1) is 18.6 Å². The van der Waals surface area contributed by atoms with E-state index in [2.05, 4.69) is 4.98 Å². The highest BCUT2D eigenvalue weighted by Gasteiger charge is 2.19. The number of hydrogen-bond donors (Lipinski definition) is 0. The van der Waals surface area contributed by atoms with E-state index in [0.29, 0.717) is 28.3 Å². The zero-order valence-electron chi connectivity index (χ0n) is 18.3. The third-order valence-electron chi connectivity index (χ3n) is 5.67. The first-order valence-corrected chi connectivity index (χ1v) is 11.0. The number of nitrogens with zero attached hydrogens (tertiary/aromatic N) is 4. The van der Waals surface area contributed by atoms with Crippen molar-refractivity contribution in [3.05, 3.63) is 127 Å². The van der Waals surface area contributed by atoms with Crippen molar-refractivity contribution in [3.63, 3.8) is 0 Å². The molecule has 0 amide bonds. The van der Waals surface area contributed by atoms with E-state index >= 15 is 0 Å². The molecule has 0 radical (unpaired) electrons. The van der Waals surface area contributed by atoms with Crippen LogP contribution in [0.5, 0.6) is 0 Å². The fraction of sp³-hybridized carbons (Fsp3) is 0.115. The van der Waals surface area contributed by atoms with Gasteiger partial charge < -0.3 is 4.57 Å². The number of hydrogen-bond acceptors (Lipinski definition) is 3. The minimum atomic E-state index is -0.537. The van der Waals surface area contributed by atoms with Crippen LogP contribution in [0.4, 0.5) is 4.39 Å². The topological polar surface area (TPSA) is 61.8 Å². The maximum absolute atomic E-state index is 13.6. The van der Waals surface area contributed by atoms with Crippen LogP contribution in [0.25, 0.3) is 16.9 Å². The van der Waals surface area contributed by atoms with Crippen molar-refractivity contribution in [3.8, 4) is 5.69 Å². The molecule has 3 aromatic carbocycles. The molecule has 0 aliphatic carbocycles. The summed E-state index contributed by atoms with van der Waals surface area (Å²) < 4.78 is 17.7. The molecule has 5 aromatic rings. The summed E-state index contributed by atoms with van der Waals surface area (Å²) in [7, 11) is 0. The standard InChI is InChI=1S/C26H20ClFN4O2/c1-17-3-2-4-19(13-17)14-30-16-29-24-23(30)25(33)31(15-18-5-9-21(28)10-6-18)26(34)32(24)22-11-7-20(27)8-12-22/h2-13,16H,14-15H2,1H3. The number of fused-ring (bicyclic) bond motifs is 1. The highest BCUT2D eigenvalue weighted by Crippen LogP contribution is 2.17. The number of imidazole rings is 1. The molecule has 170 valence electrons. The van der Waals surface area contributed by atoms with E-state index in [1.807, 2.05) is 31.2 Å². The molecule has 0 saturated heterocycles. The SMILES string of the molecule is Cc1cccc(Cn2cnc3c2c(=O)n(Cc2ccc(F)cc2)c(=O)n3-c2ccc(Cl)cc2)c1. The largest absolute Gasteiger partial charge is 0.337 e. The number of halogens is 2. The lowest BCUT2D eigenvalue weighted by atomic mass is 10.1. The van der Waals surface area contributed by atoms with Crippen molar-refractivity contribution in [1.82, 2.24) is 18.7 Å². The van der Waals surface area contributed by atoms with Gasteiger partial charge in [-0.15, -0.1) is 0 Å². The van der Waals surface area contributed by atoms with E-state index in [4.69, 9.17) is 11.6 Å². The van der Waals surface area contributed by atoms with Crippen molar-refractivity contribution in [1.29, 1.82) is 0 Å². The van der Waals surface area contributed by atoms with Crippen LogP contribution in [0.2, 0.25) is 5.02 Å². The second-order valence-corrected chi connectivity index (χ2v) is 8.58. The second kappa shape index (κ2) is 8.76. The summed E-state index contributed by atoms with van der Waals surface area (Å²) in [4.78, 5) is 31.6. The first-order valence-electron chi connectivity index (χ1n) is 10.7. The molecule has 0 aliphatic heterocycles. The molecule has 0 bridgehead atoms. The van der Waals surface area contributed by atoms with Crippen molar-refractivity contribution in [2.45, 2.75) is 20.0 Å². The summed E-state index contributed by atoms with van der Waals surface area (Å²) >= 11 is 6.05. The van der Waals surface area contributed by atoms with Crippen LogP contribution < -0.4 is 11.2 Å². The Hall–Kier alpha value is -3.97. The van der Waals surface area contributed by atoms with Gasteiger partial charge in [-0.05, 0) is 54.4 Å². The van der Waals surface area contributed by atoms with Gasteiger partial charge in [0, 0.05) is 11.6 Å². The maximum atomic E-state index is 13.6. The lowest BCUT2D eigenvalue weighted by molar-refractivity contribution is 0.624.